The molecule has 0 atom stereocenters. The van der Waals surface area contributed by atoms with Crippen molar-refractivity contribution in [3.05, 3.63) is 83.6 Å². The molecule has 0 spiro atoms. The average molecular weight is 404 g/mol. The van der Waals surface area contributed by atoms with Crippen LogP contribution in [0.1, 0.15) is 54.7 Å². The SMILES string of the molecule is C=CC(C)=N/C(=C\N(C)C)c1cccc(NC(=O)c2ccc(C(C)(C)C)cc2)c1C. The summed E-state index contributed by atoms with van der Waals surface area (Å²) in [5.74, 6) is -0.125. The maximum absolute atomic E-state index is 12.8. The Hall–Kier alpha value is -3.14. The molecule has 0 radical (unpaired) electrons. The van der Waals surface area contributed by atoms with Gasteiger partial charge in [0.25, 0.3) is 5.91 Å². The number of anilines is 1. The number of nitrogens with zero attached hydrogens (tertiary/aromatic N) is 2. The zero-order valence-electron chi connectivity index (χ0n) is 19.2. The van der Waals surface area contributed by atoms with E-state index in [0.717, 1.165) is 28.2 Å². The number of benzene rings is 2. The Morgan fingerprint density at radius 1 is 1.10 bits per heavy atom. The lowest BCUT2D eigenvalue weighted by molar-refractivity contribution is 0.102. The number of hydrogen-bond acceptors (Lipinski definition) is 3. The van der Waals surface area contributed by atoms with Gasteiger partial charge in [0.1, 0.15) is 0 Å². The van der Waals surface area contributed by atoms with Gasteiger partial charge in [-0.05, 0) is 54.7 Å². The van der Waals surface area contributed by atoms with E-state index in [2.05, 4.69) is 37.7 Å². The molecular formula is C26H33N3O. The number of allylic oxidation sites excluding steroid dienone is 1. The monoisotopic (exact) mass is 403 g/mol. The smallest absolute Gasteiger partial charge is 0.255 e. The van der Waals surface area contributed by atoms with Gasteiger partial charge in [0.05, 0.1) is 5.70 Å². The summed E-state index contributed by atoms with van der Waals surface area (Å²) in [6, 6.07) is 13.7. The summed E-state index contributed by atoms with van der Waals surface area (Å²) >= 11 is 0. The predicted octanol–water partition coefficient (Wildman–Crippen LogP) is 6.05. The van der Waals surface area contributed by atoms with Gasteiger partial charge in [-0.3, -0.25) is 9.79 Å². The standard InChI is InChI=1S/C26H33N3O/c1-9-18(2)27-24(17-29(7)8)22-11-10-12-23(19(22)3)28-25(30)20-13-15-21(16-14-20)26(4,5)6/h9-17H,1H2,2-8H3,(H,28,30)/b24-17-,27-18?. The lowest BCUT2D eigenvalue weighted by atomic mass is 9.86. The van der Waals surface area contributed by atoms with Crippen LogP contribution < -0.4 is 5.32 Å². The molecule has 0 bridgehead atoms. The van der Waals surface area contributed by atoms with Crippen molar-refractivity contribution in [2.75, 3.05) is 19.4 Å². The first-order valence-electron chi connectivity index (χ1n) is 10.1. The minimum atomic E-state index is -0.125. The molecule has 4 nitrogen and oxygen atoms in total. The number of rotatable bonds is 6. The summed E-state index contributed by atoms with van der Waals surface area (Å²) in [5, 5.41) is 3.05. The molecule has 0 aliphatic heterocycles. The van der Waals surface area contributed by atoms with E-state index in [1.54, 1.807) is 6.08 Å². The van der Waals surface area contributed by atoms with Crippen molar-refractivity contribution >= 4 is 23.0 Å². The topological polar surface area (TPSA) is 44.7 Å². The Balaban J connectivity index is 2.36. The number of aliphatic imine (C=N–C) groups is 1. The van der Waals surface area contributed by atoms with Crippen LogP contribution in [0.4, 0.5) is 5.69 Å². The van der Waals surface area contributed by atoms with Gasteiger partial charge in [-0.25, -0.2) is 0 Å². The number of nitrogens with one attached hydrogen (secondary N) is 1. The second-order valence-corrected chi connectivity index (χ2v) is 8.69. The predicted molar refractivity (Wildman–Crippen MR) is 129 cm³/mol. The van der Waals surface area contributed by atoms with Crippen molar-refractivity contribution in [3.63, 3.8) is 0 Å². The second kappa shape index (κ2) is 9.57. The van der Waals surface area contributed by atoms with Gasteiger partial charge < -0.3 is 10.2 Å². The van der Waals surface area contributed by atoms with Crippen LogP contribution in [0.5, 0.6) is 0 Å². The molecule has 30 heavy (non-hydrogen) atoms. The maximum atomic E-state index is 12.8. The summed E-state index contributed by atoms with van der Waals surface area (Å²) < 4.78 is 0. The molecular weight excluding hydrogens is 370 g/mol. The van der Waals surface area contributed by atoms with Crippen LogP contribution in [0.3, 0.4) is 0 Å². The van der Waals surface area contributed by atoms with Crippen LogP contribution in [-0.4, -0.2) is 30.6 Å². The van der Waals surface area contributed by atoms with Gasteiger partial charge >= 0.3 is 0 Å². The molecule has 2 aromatic carbocycles. The highest BCUT2D eigenvalue weighted by Gasteiger charge is 2.15. The Kier molecular flexibility index (Phi) is 7.38. The highest BCUT2D eigenvalue weighted by molar-refractivity contribution is 6.05. The zero-order valence-corrected chi connectivity index (χ0v) is 19.2. The van der Waals surface area contributed by atoms with Gasteiger partial charge in [-0.2, -0.15) is 0 Å². The summed E-state index contributed by atoms with van der Waals surface area (Å²) in [4.78, 5) is 19.5. The molecule has 1 amide bonds. The molecule has 158 valence electrons. The van der Waals surface area contributed by atoms with Crippen LogP contribution in [0, 0.1) is 6.92 Å². The lowest BCUT2D eigenvalue weighted by Gasteiger charge is -2.19. The summed E-state index contributed by atoms with van der Waals surface area (Å²) in [6.07, 6.45) is 3.69. The normalized spacial score (nSPS) is 12.5. The average Bonchev–Trinajstić information content (AvgIpc) is 2.68. The molecule has 0 saturated carbocycles. The van der Waals surface area contributed by atoms with E-state index >= 15 is 0 Å². The van der Waals surface area contributed by atoms with Crippen molar-refractivity contribution in [3.8, 4) is 0 Å². The van der Waals surface area contributed by atoms with Gasteiger partial charge in [0.15, 0.2) is 0 Å². The Bertz CT molecular complexity index is 974. The van der Waals surface area contributed by atoms with Crippen LogP contribution >= 0.6 is 0 Å². The number of amides is 1. The van der Waals surface area contributed by atoms with Gasteiger partial charge in [0.2, 0.25) is 0 Å². The first-order valence-corrected chi connectivity index (χ1v) is 10.1. The molecule has 2 rings (SSSR count). The summed E-state index contributed by atoms with van der Waals surface area (Å²) in [6.45, 7) is 14.2. The maximum Gasteiger partial charge on any atom is 0.255 e. The van der Waals surface area contributed by atoms with Crippen LogP contribution in [-0.2, 0) is 5.41 Å². The number of carbonyl (C=O) groups excluding carboxylic acids is 1. The van der Waals surface area contributed by atoms with Crippen molar-refractivity contribution in [1.29, 1.82) is 0 Å². The lowest BCUT2D eigenvalue weighted by Crippen LogP contribution is -2.15. The van der Waals surface area contributed by atoms with E-state index in [0.29, 0.717) is 5.56 Å². The van der Waals surface area contributed by atoms with Crippen molar-refractivity contribution < 1.29 is 4.79 Å². The Morgan fingerprint density at radius 3 is 2.27 bits per heavy atom. The van der Waals surface area contributed by atoms with Crippen LogP contribution in [0.2, 0.25) is 0 Å². The fourth-order valence-corrected chi connectivity index (χ4v) is 3.00. The molecule has 0 heterocycles. The third-order valence-corrected chi connectivity index (χ3v) is 4.84. The van der Waals surface area contributed by atoms with E-state index in [1.807, 2.05) is 81.5 Å². The molecule has 0 fully saturated rings. The van der Waals surface area contributed by atoms with Crippen molar-refractivity contribution in [2.24, 2.45) is 4.99 Å². The van der Waals surface area contributed by atoms with Crippen molar-refractivity contribution in [1.82, 2.24) is 4.90 Å². The van der Waals surface area contributed by atoms with Gasteiger partial charge in [0, 0.05) is 42.8 Å². The third kappa shape index (κ3) is 5.93. The van der Waals surface area contributed by atoms with Gasteiger partial charge in [-0.1, -0.05) is 51.6 Å². The second-order valence-electron chi connectivity index (χ2n) is 8.69. The third-order valence-electron chi connectivity index (χ3n) is 4.84. The number of hydrogen-bond donors (Lipinski definition) is 1. The van der Waals surface area contributed by atoms with Crippen LogP contribution in [0.15, 0.2) is 66.3 Å². The van der Waals surface area contributed by atoms with Crippen LogP contribution in [0.25, 0.3) is 5.70 Å². The zero-order chi connectivity index (χ0) is 22.5. The molecule has 4 heteroatoms. The highest BCUT2D eigenvalue weighted by atomic mass is 16.1. The Morgan fingerprint density at radius 2 is 1.73 bits per heavy atom. The quantitative estimate of drug-likeness (QED) is 0.597. The molecule has 0 aliphatic carbocycles. The summed E-state index contributed by atoms with van der Waals surface area (Å²) in [5.41, 5.74) is 6.24. The van der Waals surface area contributed by atoms with E-state index in [9.17, 15) is 4.79 Å². The fraction of sp³-hybridized carbons (Fsp3) is 0.308. The van der Waals surface area contributed by atoms with E-state index < -0.39 is 0 Å². The first kappa shape index (κ1) is 23.1. The molecule has 2 aromatic rings. The fourth-order valence-electron chi connectivity index (χ4n) is 3.00. The largest absolute Gasteiger partial charge is 0.382 e. The van der Waals surface area contributed by atoms with E-state index in [1.165, 1.54) is 5.56 Å². The molecule has 0 unspecified atom stereocenters. The molecule has 0 aliphatic rings. The van der Waals surface area contributed by atoms with Gasteiger partial charge in [-0.15, -0.1) is 0 Å². The molecule has 0 aromatic heterocycles. The highest BCUT2D eigenvalue weighted by Crippen LogP contribution is 2.27. The number of carbonyl (C=O) groups is 1. The van der Waals surface area contributed by atoms with E-state index in [-0.39, 0.29) is 11.3 Å². The molecule has 0 saturated heterocycles. The van der Waals surface area contributed by atoms with E-state index in [4.69, 9.17) is 0 Å². The first-order chi connectivity index (χ1) is 14.0. The minimum absolute atomic E-state index is 0.0547. The Labute approximate surface area is 181 Å². The molecule has 1 N–H and O–H groups in total. The minimum Gasteiger partial charge on any atom is -0.382 e. The summed E-state index contributed by atoms with van der Waals surface area (Å²) in [7, 11) is 3.92. The van der Waals surface area contributed by atoms with Crippen molar-refractivity contribution in [2.45, 2.75) is 40.0 Å².